The number of rotatable bonds is 84. The van der Waals surface area contributed by atoms with Crippen molar-refractivity contribution in [2.75, 3.05) is 39.6 Å². The van der Waals surface area contributed by atoms with Crippen LogP contribution in [-0.4, -0.2) is 95.9 Å². The standard InChI is InChI=1S/C91H162O16P2/c1-4-7-10-13-16-19-22-25-28-30-32-34-36-38-40-41-42-43-45-47-48-50-52-54-57-59-62-65-68-71-74-77-89(94)101-80-86(92)81-103-108(97,98)104-82-87(93)83-105-109(99,100)106-85-88(107-91(96)79-76-73-70-67-64-61-56-27-24-21-18-15-12-9-6-3)84-102-90(95)78-75-72-69-66-63-60-58-55-53-51-49-46-44-39-37-35-33-31-29-26-23-20-17-14-11-8-5-2/h7,10,16-17,19-20,25-26,28-29,32-35,38-40,44,86-88,92-93H,4-6,8-9,11-15,18,21-24,27,30-31,36-37,41-43,45-85H2,1-3H3,(H,97,98)(H,99,100)/b10-7-,19-16-,20-17-,28-25-,29-26-,34-32-,35-33-,40-38-,44-39-. The van der Waals surface area contributed by atoms with Crippen LogP contribution in [0.1, 0.15) is 393 Å². The highest BCUT2D eigenvalue weighted by atomic mass is 31.2. The van der Waals surface area contributed by atoms with E-state index in [2.05, 4.69) is 130 Å². The molecule has 18 heteroatoms. The molecule has 5 unspecified atom stereocenters. The molecule has 0 aromatic heterocycles. The Bertz CT molecular complexity index is 2420. The van der Waals surface area contributed by atoms with Gasteiger partial charge in [-0.2, -0.15) is 0 Å². The van der Waals surface area contributed by atoms with Gasteiger partial charge in [-0.1, -0.05) is 374 Å². The molecule has 0 aromatic rings. The Labute approximate surface area is 666 Å². The van der Waals surface area contributed by atoms with Crippen molar-refractivity contribution in [2.45, 2.75) is 411 Å². The third-order valence-electron chi connectivity index (χ3n) is 19.0. The first kappa shape index (κ1) is 105. The average Bonchev–Trinajstić information content (AvgIpc) is 0.940. The molecule has 0 radical (unpaired) electrons. The Morgan fingerprint density at radius 3 is 0.789 bits per heavy atom. The second-order valence-electron chi connectivity index (χ2n) is 29.7. The fourth-order valence-corrected chi connectivity index (χ4v) is 13.9. The molecule has 0 spiro atoms. The Kier molecular flexibility index (Phi) is 80.7. The summed E-state index contributed by atoms with van der Waals surface area (Å²) in [5.74, 6) is -1.56. The third kappa shape index (κ3) is 84.9. The van der Waals surface area contributed by atoms with E-state index >= 15 is 0 Å². The first-order valence-corrected chi connectivity index (χ1v) is 47.2. The predicted molar refractivity (Wildman–Crippen MR) is 454 cm³/mol. The molecule has 16 nitrogen and oxygen atoms in total. The Hall–Kier alpha value is -3.79. The Morgan fingerprint density at radius 2 is 0.486 bits per heavy atom. The third-order valence-corrected chi connectivity index (χ3v) is 20.9. The first-order valence-electron chi connectivity index (χ1n) is 44.2. The van der Waals surface area contributed by atoms with Gasteiger partial charge in [-0.25, -0.2) is 9.13 Å². The van der Waals surface area contributed by atoms with Gasteiger partial charge in [0.15, 0.2) is 6.10 Å². The number of carbonyl (C=O) groups excluding carboxylic acids is 3. The van der Waals surface area contributed by atoms with Gasteiger partial charge < -0.3 is 34.2 Å². The molecule has 0 saturated heterocycles. The minimum atomic E-state index is -4.93. The summed E-state index contributed by atoms with van der Waals surface area (Å²) in [5, 5.41) is 20.7. The van der Waals surface area contributed by atoms with E-state index < -0.39 is 91.5 Å². The fraction of sp³-hybridized carbons (Fsp3) is 0.769. The molecule has 0 saturated carbocycles. The van der Waals surface area contributed by atoms with Crippen molar-refractivity contribution in [2.24, 2.45) is 0 Å². The molecular formula is C91H162O16P2. The van der Waals surface area contributed by atoms with Crippen LogP contribution >= 0.6 is 15.6 Å². The lowest BCUT2D eigenvalue weighted by molar-refractivity contribution is -0.161. The zero-order chi connectivity index (χ0) is 79.4. The summed E-state index contributed by atoms with van der Waals surface area (Å²) < 4.78 is 61.4. The van der Waals surface area contributed by atoms with Crippen molar-refractivity contribution in [3.63, 3.8) is 0 Å². The van der Waals surface area contributed by atoms with Gasteiger partial charge in [-0.05, 0) is 109 Å². The lowest BCUT2D eigenvalue weighted by Crippen LogP contribution is -2.30. The normalized spacial score (nSPS) is 14.4. The molecule has 0 aromatic carbocycles. The van der Waals surface area contributed by atoms with Gasteiger partial charge in [0.2, 0.25) is 0 Å². The van der Waals surface area contributed by atoms with Crippen LogP contribution in [0.2, 0.25) is 0 Å². The minimum Gasteiger partial charge on any atom is -0.463 e. The summed E-state index contributed by atoms with van der Waals surface area (Å²) in [6.07, 6.45) is 99.9. The van der Waals surface area contributed by atoms with Crippen LogP contribution < -0.4 is 0 Å². The Balaban J connectivity index is 4.47. The molecule has 0 aliphatic heterocycles. The SMILES string of the molecule is CC/C=C\C/C=C\C/C=C\C/C=C\C/C=C\CCCCCCCCCCCCCCCCCC(=O)OCC(O)COP(=O)(O)OCC(O)COP(=O)(O)OCC(COC(=O)CCCCCCCCCCCCC/C=C\C/C=C\C/C=C\C/C=C\CCCCC)OC(=O)CCCCCCCCCCCCCCCCC. The number of aliphatic hydroxyl groups excluding tert-OH is 2. The topological polar surface area (TPSA) is 231 Å². The van der Waals surface area contributed by atoms with Crippen LogP contribution in [0.15, 0.2) is 109 Å². The van der Waals surface area contributed by atoms with E-state index in [-0.39, 0.29) is 19.3 Å². The van der Waals surface area contributed by atoms with Gasteiger partial charge in [0, 0.05) is 19.3 Å². The van der Waals surface area contributed by atoms with Crippen molar-refractivity contribution < 1.29 is 75.8 Å². The highest BCUT2D eigenvalue weighted by Gasteiger charge is 2.29. The number of phosphoric ester groups is 2. The number of hydrogen-bond acceptors (Lipinski definition) is 14. The first-order chi connectivity index (χ1) is 53.2. The van der Waals surface area contributed by atoms with Crippen molar-refractivity contribution in [1.82, 2.24) is 0 Å². The number of allylic oxidation sites excluding steroid dienone is 18. The second-order valence-corrected chi connectivity index (χ2v) is 32.6. The number of carbonyl (C=O) groups is 3. The van der Waals surface area contributed by atoms with Crippen LogP contribution in [0.4, 0.5) is 0 Å². The van der Waals surface area contributed by atoms with Gasteiger partial charge in [-0.15, -0.1) is 0 Å². The number of phosphoric acid groups is 2. The molecule has 0 bridgehead atoms. The summed E-state index contributed by atoms with van der Waals surface area (Å²) in [4.78, 5) is 58.8. The number of unbranched alkanes of at least 4 members (excludes halogenated alkanes) is 43. The maximum Gasteiger partial charge on any atom is 0.472 e. The Morgan fingerprint density at radius 1 is 0.266 bits per heavy atom. The summed E-state index contributed by atoms with van der Waals surface area (Å²) in [6, 6.07) is 0. The van der Waals surface area contributed by atoms with Crippen molar-refractivity contribution in [3.8, 4) is 0 Å². The molecule has 0 heterocycles. The molecule has 0 rings (SSSR count). The zero-order valence-electron chi connectivity index (χ0n) is 69.5. The van der Waals surface area contributed by atoms with Crippen molar-refractivity contribution in [1.29, 1.82) is 0 Å². The molecule has 0 aliphatic rings. The number of hydrogen-bond donors (Lipinski definition) is 4. The second kappa shape index (κ2) is 83.6. The molecule has 0 amide bonds. The van der Waals surface area contributed by atoms with E-state index in [4.69, 9.17) is 32.3 Å². The van der Waals surface area contributed by atoms with Gasteiger partial charge in [0.25, 0.3) is 0 Å². The molecule has 0 fully saturated rings. The molecular weight excluding hydrogens is 1410 g/mol. The smallest absolute Gasteiger partial charge is 0.463 e. The summed E-state index contributed by atoms with van der Waals surface area (Å²) in [5.41, 5.74) is 0. The maximum absolute atomic E-state index is 13.0. The maximum atomic E-state index is 13.0. The fourth-order valence-electron chi connectivity index (χ4n) is 12.3. The molecule has 0 aliphatic carbocycles. The van der Waals surface area contributed by atoms with E-state index in [1.54, 1.807) is 0 Å². The summed E-state index contributed by atoms with van der Waals surface area (Å²) >= 11 is 0. The van der Waals surface area contributed by atoms with Crippen LogP contribution in [0.5, 0.6) is 0 Å². The van der Waals surface area contributed by atoms with Crippen molar-refractivity contribution in [3.05, 3.63) is 109 Å². The van der Waals surface area contributed by atoms with Gasteiger partial charge in [0.1, 0.15) is 25.4 Å². The number of ether oxygens (including phenoxy) is 3. The van der Waals surface area contributed by atoms with Crippen LogP contribution in [-0.2, 0) is 55.8 Å². The lowest BCUT2D eigenvalue weighted by atomic mass is 10.0. The largest absolute Gasteiger partial charge is 0.472 e. The lowest BCUT2D eigenvalue weighted by Gasteiger charge is -2.21. The molecule has 4 N–H and O–H groups in total. The highest BCUT2D eigenvalue weighted by Crippen LogP contribution is 2.45. The van der Waals surface area contributed by atoms with Gasteiger partial charge in [0.05, 0.1) is 26.4 Å². The van der Waals surface area contributed by atoms with E-state index in [9.17, 15) is 43.5 Å². The zero-order valence-corrected chi connectivity index (χ0v) is 71.3. The van der Waals surface area contributed by atoms with Gasteiger partial charge >= 0.3 is 33.6 Å². The number of esters is 3. The highest BCUT2D eigenvalue weighted by molar-refractivity contribution is 7.47. The molecule has 109 heavy (non-hydrogen) atoms. The van der Waals surface area contributed by atoms with Crippen LogP contribution in [0, 0.1) is 0 Å². The predicted octanol–water partition coefficient (Wildman–Crippen LogP) is 26.7. The minimum absolute atomic E-state index is 0.109. The van der Waals surface area contributed by atoms with Gasteiger partial charge in [-0.3, -0.25) is 32.5 Å². The van der Waals surface area contributed by atoms with E-state index in [0.717, 1.165) is 128 Å². The van der Waals surface area contributed by atoms with E-state index in [1.807, 2.05) is 0 Å². The van der Waals surface area contributed by atoms with E-state index in [0.29, 0.717) is 19.3 Å². The van der Waals surface area contributed by atoms with E-state index in [1.165, 1.54) is 205 Å². The monoisotopic (exact) mass is 1570 g/mol. The van der Waals surface area contributed by atoms with Crippen LogP contribution in [0.25, 0.3) is 0 Å². The number of aliphatic hydroxyl groups is 2. The summed E-state index contributed by atoms with van der Waals surface area (Å²) in [7, 11) is -9.79. The molecule has 5 atom stereocenters. The quantitative estimate of drug-likeness (QED) is 0.0146. The average molecular weight is 1570 g/mol. The summed E-state index contributed by atoms with van der Waals surface area (Å²) in [6.45, 7) is 2.61. The molecule has 632 valence electrons. The van der Waals surface area contributed by atoms with Crippen LogP contribution in [0.3, 0.4) is 0 Å². The van der Waals surface area contributed by atoms with Crippen molar-refractivity contribution >= 4 is 33.6 Å².